The number of ether oxygens (including phenoxy) is 1. The van der Waals surface area contributed by atoms with Crippen LogP contribution in [-0.4, -0.2) is 18.3 Å². The van der Waals surface area contributed by atoms with E-state index in [9.17, 15) is 4.79 Å². The van der Waals surface area contributed by atoms with Crippen molar-refractivity contribution in [1.29, 1.82) is 0 Å². The van der Waals surface area contributed by atoms with Gasteiger partial charge in [-0.05, 0) is 63.1 Å². The molecule has 0 radical (unpaired) electrons. The van der Waals surface area contributed by atoms with Gasteiger partial charge in [0.1, 0.15) is 5.75 Å². The van der Waals surface area contributed by atoms with Gasteiger partial charge in [-0.2, -0.15) is 0 Å². The molecule has 2 aromatic carbocycles. The monoisotopic (exact) mass is 343 g/mol. The lowest BCUT2D eigenvalue weighted by Gasteiger charge is -2.20. The van der Waals surface area contributed by atoms with Gasteiger partial charge in [-0.25, -0.2) is 0 Å². The van der Waals surface area contributed by atoms with Crippen molar-refractivity contribution < 1.29 is 9.53 Å². The summed E-state index contributed by atoms with van der Waals surface area (Å²) in [5.74, 6) is 0.865. The van der Waals surface area contributed by atoms with Crippen LogP contribution in [0.1, 0.15) is 36.6 Å². The van der Waals surface area contributed by atoms with Crippen molar-refractivity contribution >= 4 is 17.7 Å². The molecule has 0 saturated carbocycles. The van der Waals surface area contributed by atoms with Crippen molar-refractivity contribution in [1.82, 2.24) is 5.32 Å². The minimum absolute atomic E-state index is 0.00341. The summed E-state index contributed by atoms with van der Waals surface area (Å²) < 4.78 is 5.16. The number of nitrogens with one attached hydrogen (secondary N) is 1. The van der Waals surface area contributed by atoms with Crippen LogP contribution in [0.25, 0.3) is 0 Å². The van der Waals surface area contributed by atoms with Gasteiger partial charge in [0, 0.05) is 4.90 Å². The largest absolute Gasteiger partial charge is 0.497 e. The molecule has 2 rings (SSSR count). The molecule has 128 valence electrons. The van der Waals surface area contributed by atoms with E-state index in [0.29, 0.717) is 0 Å². The lowest BCUT2D eigenvalue weighted by atomic mass is 10.00. The van der Waals surface area contributed by atoms with Gasteiger partial charge in [0.15, 0.2) is 0 Å². The lowest BCUT2D eigenvalue weighted by molar-refractivity contribution is -0.120. The summed E-state index contributed by atoms with van der Waals surface area (Å²) in [4.78, 5) is 13.5. The molecule has 0 bridgehead atoms. The summed E-state index contributed by atoms with van der Waals surface area (Å²) in [6.07, 6.45) is 0. The number of aryl methyl sites for hydroxylation is 2. The number of methoxy groups -OCH3 is 1. The van der Waals surface area contributed by atoms with Crippen molar-refractivity contribution in [3.63, 3.8) is 0 Å². The maximum Gasteiger partial charge on any atom is 0.233 e. The number of carbonyl (C=O) groups is 1. The molecule has 24 heavy (non-hydrogen) atoms. The summed E-state index contributed by atoms with van der Waals surface area (Å²) in [5, 5.41) is 2.96. The van der Waals surface area contributed by atoms with E-state index >= 15 is 0 Å². The topological polar surface area (TPSA) is 38.3 Å². The molecule has 0 unspecified atom stereocenters. The highest BCUT2D eigenvalue weighted by Crippen LogP contribution is 2.26. The quantitative estimate of drug-likeness (QED) is 0.775. The number of hydrogen-bond donors (Lipinski definition) is 1. The highest BCUT2D eigenvalue weighted by Gasteiger charge is 2.18. The average molecular weight is 343 g/mol. The second-order valence-electron chi connectivity index (χ2n) is 6.03. The number of thioether (sulfide) groups is 1. The Hall–Kier alpha value is -1.94. The van der Waals surface area contributed by atoms with Crippen LogP contribution in [-0.2, 0) is 4.79 Å². The Morgan fingerprint density at radius 2 is 1.75 bits per heavy atom. The SMILES string of the molecule is COc1ccc(S[C@H](C)C(=O)N[C@@H](C)c2cc(C)ccc2C)cc1. The van der Waals surface area contributed by atoms with E-state index in [2.05, 4.69) is 37.4 Å². The Bertz CT molecular complexity index is 697. The first-order valence-electron chi connectivity index (χ1n) is 8.09. The zero-order valence-electron chi connectivity index (χ0n) is 14.9. The second-order valence-corrected chi connectivity index (χ2v) is 7.44. The van der Waals surface area contributed by atoms with Crippen LogP contribution in [0.2, 0.25) is 0 Å². The first-order chi connectivity index (χ1) is 11.4. The van der Waals surface area contributed by atoms with Crippen LogP contribution in [0.15, 0.2) is 47.4 Å². The molecule has 0 fully saturated rings. The Labute approximate surface area is 148 Å². The average Bonchev–Trinajstić information content (AvgIpc) is 2.57. The molecular weight excluding hydrogens is 318 g/mol. The van der Waals surface area contributed by atoms with Gasteiger partial charge in [-0.1, -0.05) is 23.8 Å². The van der Waals surface area contributed by atoms with Crippen LogP contribution in [0.3, 0.4) is 0 Å². The summed E-state index contributed by atoms with van der Waals surface area (Å²) in [6.45, 7) is 8.11. The second kappa shape index (κ2) is 8.25. The lowest BCUT2D eigenvalue weighted by Crippen LogP contribution is -2.33. The number of rotatable bonds is 6. The van der Waals surface area contributed by atoms with Crippen molar-refractivity contribution in [2.45, 2.75) is 43.9 Å². The van der Waals surface area contributed by atoms with Crippen molar-refractivity contribution in [2.24, 2.45) is 0 Å². The first kappa shape index (κ1) is 18.4. The molecule has 0 heterocycles. The summed E-state index contributed by atoms with van der Waals surface area (Å²) in [7, 11) is 1.65. The Morgan fingerprint density at radius 3 is 2.38 bits per heavy atom. The smallest absolute Gasteiger partial charge is 0.233 e. The Kier molecular flexibility index (Phi) is 6.32. The molecule has 1 N–H and O–H groups in total. The van der Waals surface area contributed by atoms with Gasteiger partial charge in [-0.3, -0.25) is 4.79 Å². The van der Waals surface area contributed by atoms with Gasteiger partial charge in [-0.15, -0.1) is 11.8 Å². The minimum atomic E-state index is -0.161. The Morgan fingerprint density at radius 1 is 1.08 bits per heavy atom. The molecule has 0 aliphatic carbocycles. The predicted molar refractivity (Wildman–Crippen MR) is 101 cm³/mol. The third kappa shape index (κ3) is 4.78. The molecule has 0 aliphatic heterocycles. The number of benzene rings is 2. The minimum Gasteiger partial charge on any atom is -0.497 e. The standard InChI is InChI=1S/C20H25NO2S/c1-13-6-7-14(2)19(12-13)15(3)21-20(22)16(4)24-18-10-8-17(23-5)9-11-18/h6-12,15-16H,1-5H3,(H,21,22)/t15-,16+/m0/s1. The molecule has 4 heteroatoms. The van der Waals surface area contributed by atoms with Gasteiger partial charge in [0.2, 0.25) is 5.91 Å². The van der Waals surface area contributed by atoms with Gasteiger partial charge in [0.25, 0.3) is 0 Å². The molecule has 0 aliphatic rings. The van der Waals surface area contributed by atoms with Crippen molar-refractivity contribution in [2.75, 3.05) is 7.11 Å². The number of amides is 1. The van der Waals surface area contributed by atoms with E-state index in [1.807, 2.05) is 38.1 Å². The zero-order chi connectivity index (χ0) is 17.7. The number of hydrogen-bond acceptors (Lipinski definition) is 3. The highest BCUT2D eigenvalue weighted by molar-refractivity contribution is 8.00. The van der Waals surface area contributed by atoms with Gasteiger partial charge >= 0.3 is 0 Å². The van der Waals surface area contributed by atoms with E-state index in [4.69, 9.17) is 4.74 Å². The fourth-order valence-corrected chi connectivity index (χ4v) is 3.42. The number of carbonyl (C=O) groups excluding carboxylic acids is 1. The maximum atomic E-state index is 12.5. The van der Waals surface area contributed by atoms with Gasteiger partial charge in [0.05, 0.1) is 18.4 Å². The zero-order valence-corrected chi connectivity index (χ0v) is 15.7. The van der Waals surface area contributed by atoms with E-state index in [1.165, 1.54) is 16.7 Å². The summed E-state index contributed by atoms with van der Waals surface area (Å²) in [6, 6.07) is 14.1. The molecule has 0 saturated heterocycles. The summed E-state index contributed by atoms with van der Waals surface area (Å²) >= 11 is 1.55. The predicted octanol–water partition coefficient (Wildman–Crippen LogP) is 4.67. The third-order valence-electron chi connectivity index (χ3n) is 4.00. The van der Waals surface area contributed by atoms with E-state index in [-0.39, 0.29) is 17.2 Å². The fraction of sp³-hybridized carbons (Fsp3) is 0.350. The maximum absolute atomic E-state index is 12.5. The van der Waals surface area contributed by atoms with Crippen LogP contribution < -0.4 is 10.1 Å². The molecule has 0 spiro atoms. The molecule has 2 aromatic rings. The van der Waals surface area contributed by atoms with Crippen molar-refractivity contribution in [3.8, 4) is 5.75 Å². The first-order valence-corrected chi connectivity index (χ1v) is 8.97. The molecule has 1 amide bonds. The highest BCUT2D eigenvalue weighted by atomic mass is 32.2. The normalized spacial score (nSPS) is 13.2. The Balaban J connectivity index is 1.98. The van der Waals surface area contributed by atoms with Gasteiger partial charge < -0.3 is 10.1 Å². The molecule has 2 atom stereocenters. The van der Waals surface area contributed by atoms with E-state index in [0.717, 1.165) is 10.6 Å². The molecule has 3 nitrogen and oxygen atoms in total. The van der Waals surface area contributed by atoms with Crippen LogP contribution >= 0.6 is 11.8 Å². The fourth-order valence-electron chi connectivity index (χ4n) is 2.55. The molecule has 0 aromatic heterocycles. The van der Waals surface area contributed by atoms with E-state index < -0.39 is 0 Å². The van der Waals surface area contributed by atoms with Crippen LogP contribution in [0, 0.1) is 13.8 Å². The third-order valence-corrected chi connectivity index (χ3v) is 5.11. The van der Waals surface area contributed by atoms with Crippen LogP contribution in [0.4, 0.5) is 0 Å². The van der Waals surface area contributed by atoms with E-state index in [1.54, 1.807) is 18.9 Å². The van der Waals surface area contributed by atoms with Crippen molar-refractivity contribution in [3.05, 3.63) is 59.2 Å². The van der Waals surface area contributed by atoms with Crippen LogP contribution in [0.5, 0.6) is 5.75 Å². The molecular formula is C20H25NO2S. The summed E-state index contributed by atoms with van der Waals surface area (Å²) in [5.41, 5.74) is 3.58.